The molecule has 1 aliphatic heterocycles. The molecule has 20 heavy (non-hydrogen) atoms. The minimum atomic E-state index is 0.0414. The lowest BCUT2D eigenvalue weighted by Crippen LogP contribution is -2.47. The van der Waals surface area contributed by atoms with Crippen LogP contribution in [0.3, 0.4) is 0 Å². The van der Waals surface area contributed by atoms with Crippen molar-refractivity contribution in [2.45, 2.75) is 38.2 Å². The van der Waals surface area contributed by atoms with Gasteiger partial charge in [0.1, 0.15) is 0 Å². The van der Waals surface area contributed by atoms with Crippen LogP contribution in [0.25, 0.3) is 0 Å². The Morgan fingerprint density at radius 2 is 1.90 bits per heavy atom. The second-order valence-electron chi connectivity index (χ2n) is 6.06. The molecule has 0 spiro atoms. The van der Waals surface area contributed by atoms with Crippen LogP contribution in [0.15, 0.2) is 30.3 Å². The van der Waals surface area contributed by atoms with Gasteiger partial charge in [0.15, 0.2) is 0 Å². The van der Waals surface area contributed by atoms with Gasteiger partial charge in [0.2, 0.25) is 0 Å². The number of ether oxygens (including phenoxy) is 1. The first-order valence-electron chi connectivity index (χ1n) is 7.77. The largest absolute Gasteiger partial charge is 0.378 e. The fourth-order valence-corrected chi connectivity index (χ4v) is 3.08. The lowest BCUT2D eigenvalue weighted by molar-refractivity contribution is 0.0102. The van der Waals surface area contributed by atoms with Crippen LogP contribution >= 0.6 is 0 Å². The SMILES string of the molecule is CCOC1CCN(CC(C)(CN)c2ccccc2)CC1. The molecular formula is C17H28N2O. The monoisotopic (exact) mass is 276 g/mol. The van der Waals surface area contributed by atoms with Gasteiger partial charge in [-0.15, -0.1) is 0 Å². The van der Waals surface area contributed by atoms with Crippen molar-refractivity contribution in [2.24, 2.45) is 5.73 Å². The number of benzene rings is 1. The predicted octanol–water partition coefficient (Wildman–Crippen LogP) is 2.40. The molecule has 1 fully saturated rings. The molecule has 1 heterocycles. The van der Waals surface area contributed by atoms with Gasteiger partial charge < -0.3 is 15.4 Å². The average molecular weight is 276 g/mol. The molecule has 1 atom stereocenters. The quantitative estimate of drug-likeness (QED) is 0.867. The summed E-state index contributed by atoms with van der Waals surface area (Å²) in [6.07, 6.45) is 2.74. The van der Waals surface area contributed by atoms with Crippen LogP contribution in [0.2, 0.25) is 0 Å². The summed E-state index contributed by atoms with van der Waals surface area (Å²) >= 11 is 0. The van der Waals surface area contributed by atoms with Crippen molar-refractivity contribution in [3.05, 3.63) is 35.9 Å². The van der Waals surface area contributed by atoms with Crippen molar-refractivity contribution in [3.8, 4) is 0 Å². The van der Waals surface area contributed by atoms with E-state index >= 15 is 0 Å². The van der Waals surface area contributed by atoms with Gasteiger partial charge in [0, 0.05) is 38.2 Å². The minimum Gasteiger partial charge on any atom is -0.378 e. The van der Waals surface area contributed by atoms with Gasteiger partial charge in [0.05, 0.1) is 6.10 Å². The summed E-state index contributed by atoms with van der Waals surface area (Å²) in [5.74, 6) is 0. The Morgan fingerprint density at radius 3 is 2.45 bits per heavy atom. The number of nitrogens with zero attached hydrogens (tertiary/aromatic N) is 1. The lowest BCUT2D eigenvalue weighted by Gasteiger charge is -2.38. The highest BCUT2D eigenvalue weighted by Crippen LogP contribution is 2.25. The molecule has 0 saturated carbocycles. The molecule has 1 unspecified atom stereocenters. The maximum absolute atomic E-state index is 6.08. The standard InChI is InChI=1S/C17H28N2O/c1-3-20-16-9-11-19(12-10-16)14-17(2,13-18)15-7-5-4-6-8-15/h4-8,16H,3,9-14,18H2,1-2H3. The highest BCUT2D eigenvalue weighted by atomic mass is 16.5. The molecule has 1 aromatic carbocycles. The average Bonchev–Trinajstić information content (AvgIpc) is 2.50. The summed E-state index contributed by atoms with van der Waals surface area (Å²) in [4.78, 5) is 2.54. The van der Waals surface area contributed by atoms with Crippen LogP contribution in [-0.4, -0.2) is 43.8 Å². The fourth-order valence-electron chi connectivity index (χ4n) is 3.08. The van der Waals surface area contributed by atoms with E-state index in [9.17, 15) is 0 Å². The van der Waals surface area contributed by atoms with Crippen LogP contribution < -0.4 is 5.73 Å². The number of nitrogens with two attached hydrogens (primary N) is 1. The van der Waals surface area contributed by atoms with Crippen LogP contribution in [-0.2, 0) is 10.2 Å². The van der Waals surface area contributed by atoms with E-state index in [4.69, 9.17) is 10.5 Å². The van der Waals surface area contributed by atoms with Crippen molar-refractivity contribution >= 4 is 0 Å². The molecule has 1 saturated heterocycles. The number of piperidine rings is 1. The maximum Gasteiger partial charge on any atom is 0.0599 e. The minimum absolute atomic E-state index is 0.0414. The van der Waals surface area contributed by atoms with E-state index < -0.39 is 0 Å². The highest BCUT2D eigenvalue weighted by molar-refractivity contribution is 5.25. The van der Waals surface area contributed by atoms with E-state index in [1.54, 1.807) is 0 Å². The Balaban J connectivity index is 1.94. The molecule has 3 nitrogen and oxygen atoms in total. The zero-order valence-electron chi connectivity index (χ0n) is 12.8. The van der Waals surface area contributed by atoms with Crippen LogP contribution in [0.5, 0.6) is 0 Å². The molecule has 0 aromatic heterocycles. The third-order valence-electron chi connectivity index (χ3n) is 4.43. The molecule has 0 aliphatic carbocycles. The molecule has 112 valence electrons. The second-order valence-corrected chi connectivity index (χ2v) is 6.06. The normalized spacial score (nSPS) is 20.8. The molecule has 0 bridgehead atoms. The summed E-state index contributed by atoms with van der Waals surface area (Å²) in [7, 11) is 0. The van der Waals surface area contributed by atoms with Crippen LogP contribution in [0.4, 0.5) is 0 Å². The van der Waals surface area contributed by atoms with Crippen molar-refractivity contribution in [1.82, 2.24) is 4.90 Å². The van der Waals surface area contributed by atoms with Gasteiger partial charge in [0.25, 0.3) is 0 Å². The predicted molar refractivity (Wildman–Crippen MR) is 83.9 cm³/mol. The number of rotatable bonds is 6. The van der Waals surface area contributed by atoms with Crippen molar-refractivity contribution in [3.63, 3.8) is 0 Å². The molecule has 0 radical (unpaired) electrons. The zero-order valence-corrected chi connectivity index (χ0v) is 12.8. The summed E-state index contributed by atoms with van der Waals surface area (Å²) < 4.78 is 5.72. The number of likely N-dealkylation sites (tertiary alicyclic amines) is 1. The summed E-state index contributed by atoms with van der Waals surface area (Å²) in [6.45, 7) is 9.13. The molecule has 2 rings (SSSR count). The van der Waals surface area contributed by atoms with E-state index in [0.717, 1.165) is 39.1 Å². The van der Waals surface area contributed by atoms with E-state index in [2.05, 4.69) is 49.1 Å². The van der Waals surface area contributed by atoms with E-state index in [0.29, 0.717) is 12.6 Å². The van der Waals surface area contributed by atoms with Crippen molar-refractivity contribution in [1.29, 1.82) is 0 Å². The summed E-state index contributed by atoms with van der Waals surface area (Å²) in [5.41, 5.74) is 7.46. The Hall–Kier alpha value is -0.900. The molecule has 2 N–H and O–H groups in total. The van der Waals surface area contributed by atoms with E-state index in [1.165, 1.54) is 5.56 Å². The topological polar surface area (TPSA) is 38.5 Å². The first-order valence-corrected chi connectivity index (χ1v) is 7.77. The fraction of sp³-hybridized carbons (Fsp3) is 0.647. The smallest absolute Gasteiger partial charge is 0.0599 e. The summed E-state index contributed by atoms with van der Waals surface area (Å²) in [6, 6.07) is 10.7. The van der Waals surface area contributed by atoms with Crippen LogP contribution in [0, 0.1) is 0 Å². The van der Waals surface area contributed by atoms with Crippen molar-refractivity contribution in [2.75, 3.05) is 32.8 Å². The molecule has 0 amide bonds. The lowest BCUT2D eigenvalue weighted by atomic mass is 9.81. The van der Waals surface area contributed by atoms with Crippen LogP contribution in [0.1, 0.15) is 32.3 Å². The Kier molecular flexibility index (Phi) is 5.58. The molecule has 1 aromatic rings. The number of hydrogen-bond acceptors (Lipinski definition) is 3. The van der Waals surface area contributed by atoms with Gasteiger partial charge in [-0.05, 0) is 25.3 Å². The molecule has 3 heteroatoms. The van der Waals surface area contributed by atoms with Gasteiger partial charge >= 0.3 is 0 Å². The van der Waals surface area contributed by atoms with Gasteiger partial charge in [-0.1, -0.05) is 37.3 Å². The van der Waals surface area contributed by atoms with Gasteiger partial charge in [-0.25, -0.2) is 0 Å². The molecular weight excluding hydrogens is 248 g/mol. The van der Waals surface area contributed by atoms with E-state index in [1.807, 2.05) is 0 Å². The Morgan fingerprint density at radius 1 is 1.25 bits per heavy atom. The first-order chi connectivity index (χ1) is 9.68. The Bertz CT molecular complexity index is 387. The summed E-state index contributed by atoms with van der Waals surface area (Å²) in [5, 5.41) is 0. The number of hydrogen-bond donors (Lipinski definition) is 1. The van der Waals surface area contributed by atoms with E-state index in [-0.39, 0.29) is 5.41 Å². The molecule has 1 aliphatic rings. The zero-order chi connectivity index (χ0) is 14.4. The van der Waals surface area contributed by atoms with Gasteiger partial charge in [-0.3, -0.25) is 0 Å². The maximum atomic E-state index is 6.08. The van der Waals surface area contributed by atoms with Gasteiger partial charge in [-0.2, -0.15) is 0 Å². The second kappa shape index (κ2) is 7.21. The third kappa shape index (κ3) is 3.81. The van der Waals surface area contributed by atoms with Crippen molar-refractivity contribution < 1.29 is 4.74 Å². The first kappa shape index (κ1) is 15.5. The highest BCUT2D eigenvalue weighted by Gasteiger charge is 2.29. The Labute approximate surface area is 123 Å². The third-order valence-corrected chi connectivity index (χ3v) is 4.43.